The van der Waals surface area contributed by atoms with Gasteiger partial charge in [-0.05, 0) is 31.2 Å². The maximum atomic E-state index is 3.58. The summed E-state index contributed by atoms with van der Waals surface area (Å²) in [6.07, 6.45) is 5.35. The number of piperidine rings is 1. The van der Waals surface area contributed by atoms with Gasteiger partial charge in [-0.2, -0.15) is 0 Å². The Kier molecular flexibility index (Phi) is 4.90. The molecule has 1 aliphatic rings. The predicted molar refractivity (Wildman–Crippen MR) is 62.6 cm³/mol. The molecule has 1 unspecified atom stereocenters. The summed E-state index contributed by atoms with van der Waals surface area (Å²) in [6.45, 7) is 10.4. The van der Waals surface area contributed by atoms with Crippen molar-refractivity contribution in [2.75, 3.05) is 19.6 Å². The van der Waals surface area contributed by atoms with Crippen molar-refractivity contribution in [1.82, 2.24) is 10.6 Å². The lowest BCUT2D eigenvalue weighted by Gasteiger charge is -2.27. The van der Waals surface area contributed by atoms with Gasteiger partial charge in [0, 0.05) is 19.1 Å². The number of hydrogen-bond acceptors (Lipinski definition) is 2. The zero-order valence-corrected chi connectivity index (χ0v) is 10.0. The van der Waals surface area contributed by atoms with E-state index in [4.69, 9.17) is 0 Å². The SMILES string of the molecule is CCC(C)(C)CNCC1CCCCN1. The molecular formula is C12H26N2. The van der Waals surface area contributed by atoms with Gasteiger partial charge in [0.05, 0.1) is 0 Å². The Hall–Kier alpha value is -0.0800. The fraction of sp³-hybridized carbons (Fsp3) is 1.00. The maximum Gasteiger partial charge on any atom is 0.0192 e. The quantitative estimate of drug-likeness (QED) is 0.707. The lowest BCUT2D eigenvalue weighted by Crippen LogP contribution is -2.43. The van der Waals surface area contributed by atoms with Crippen LogP contribution in [-0.2, 0) is 0 Å². The summed E-state index contributed by atoms with van der Waals surface area (Å²) < 4.78 is 0. The first kappa shape index (κ1) is 12.0. The van der Waals surface area contributed by atoms with Crippen LogP contribution in [0.5, 0.6) is 0 Å². The fourth-order valence-corrected chi connectivity index (χ4v) is 1.81. The van der Waals surface area contributed by atoms with Gasteiger partial charge >= 0.3 is 0 Å². The maximum absolute atomic E-state index is 3.58. The fourth-order valence-electron chi connectivity index (χ4n) is 1.81. The van der Waals surface area contributed by atoms with E-state index in [-0.39, 0.29) is 0 Å². The van der Waals surface area contributed by atoms with E-state index < -0.39 is 0 Å². The van der Waals surface area contributed by atoms with Gasteiger partial charge in [-0.1, -0.05) is 27.2 Å². The molecule has 2 heteroatoms. The summed E-state index contributed by atoms with van der Waals surface area (Å²) >= 11 is 0. The van der Waals surface area contributed by atoms with Crippen LogP contribution >= 0.6 is 0 Å². The Morgan fingerprint density at radius 2 is 2.14 bits per heavy atom. The number of nitrogens with one attached hydrogen (secondary N) is 2. The van der Waals surface area contributed by atoms with Crippen molar-refractivity contribution in [1.29, 1.82) is 0 Å². The third-order valence-corrected chi connectivity index (χ3v) is 3.36. The van der Waals surface area contributed by atoms with E-state index in [1.54, 1.807) is 0 Å². The highest BCUT2D eigenvalue weighted by atomic mass is 15.0. The second-order valence-corrected chi connectivity index (χ2v) is 5.30. The predicted octanol–water partition coefficient (Wildman–Crippen LogP) is 2.15. The third-order valence-electron chi connectivity index (χ3n) is 3.36. The monoisotopic (exact) mass is 198 g/mol. The summed E-state index contributed by atoms with van der Waals surface area (Å²) in [4.78, 5) is 0. The first-order valence-electron chi connectivity index (χ1n) is 6.08. The van der Waals surface area contributed by atoms with Gasteiger partial charge in [0.25, 0.3) is 0 Å². The molecule has 14 heavy (non-hydrogen) atoms. The first-order valence-corrected chi connectivity index (χ1v) is 6.08. The van der Waals surface area contributed by atoms with E-state index in [9.17, 15) is 0 Å². The lowest BCUT2D eigenvalue weighted by molar-refractivity contribution is 0.307. The number of rotatable bonds is 5. The highest BCUT2D eigenvalue weighted by molar-refractivity contribution is 4.76. The molecule has 1 aliphatic heterocycles. The van der Waals surface area contributed by atoms with E-state index in [0.29, 0.717) is 5.41 Å². The highest BCUT2D eigenvalue weighted by Gasteiger charge is 2.16. The van der Waals surface area contributed by atoms with Crippen molar-refractivity contribution in [3.8, 4) is 0 Å². The van der Waals surface area contributed by atoms with E-state index in [1.807, 2.05) is 0 Å². The van der Waals surface area contributed by atoms with E-state index in [2.05, 4.69) is 31.4 Å². The molecule has 84 valence electrons. The van der Waals surface area contributed by atoms with Crippen LogP contribution in [0.15, 0.2) is 0 Å². The minimum absolute atomic E-state index is 0.453. The van der Waals surface area contributed by atoms with Crippen molar-refractivity contribution in [3.05, 3.63) is 0 Å². The van der Waals surface area contributed by atoms with Crippen molar-refractivity contribution in [3.63, 3.8) is 0 Å². The molecule has 0 amide bonds. The first-order chi connectivity index (χ1) is 6.64. The highest BCUT2D eigenvalue weighted by Crippen LogP contribution is 2.17. The Balaban J connectivity index is 2.08. The molecule has 0 aromatic rings. The third kappa shape index (κ3) is 4.43. The molecule has 1 heterocycles. The lowest BCUT2D eigenvalue weighted by atomic mass is 9.90. The minimum atomic E-state index is 0.453. The van der Waals surface area contributed by atoms with Crippen LogP contribution in [0.25, 0.3) is 0 Å². The average molecular weight is 198 g/mol. The molecule has 0 saturated carbocycles. The molecule has 1 rings (SSSR count). The topological polar surface area (TPSA) is 24.1 Å². The largest absolute Gasteiger partial charge is 0.315 e. The second-order valence-electron chi connectivity index (χ2n) is 5.30. The van der Waals surface area contributed by atoms with Crippen LogP contribution in [0, 0.1) is 5.41 Å². The molecule has 0 radical (unpaired) electrons. The van der Waals surface area contributed by atoms with Crippen molar-refractivity contribution in [2.45, 2.75) is 52.5 Å². The zero-order valence-electron chi connectivity index (χ0n) is 10.0. The van der Waals surface area contributed by atoms with Crippen LogP contribution in [-0.4, -0.2) is 25.7 Å². The van der Waals surface area contributed by atoms with Crippen LogP contribution in [0.2, 0.25) is 0 Å². The molecule has 2 N–H and O–H groups in total. The van der Waals surface area contributed by atoms with E-state index in [0.717, 1.165) is 19.1 Å². The van der Waals surface area contributed by atoms with Gasteiger partial charge in [0.2, 0.25) is 0 Å². The molecule has 2 nitrogen and oxygen atoms in total. The van der Waals surface area contributed by atoms with Crippen LogP contribution in [0.1, 0.15) is 46.5 Å². The number of hydrogen-bond donors (Lipinski definition) is 2. The summed E-state index contributed by atoms with van der Waals surface area (Å²) in [5.41, 5.74) is 0.453. The molecule has 0 aromatic heterocycles. The standard InChI is InChI=1S/C12H26N2/c1-4-12(2,3)10-13-9-11-7-5-6-8-14-11/h11,13-14H,4-10H2,1-3H3. The van der Waals surface area contributed by atoms with E-state index in [1.165, 1.54) is 32.2 Å². The molecule has 1 atom stereocenters. The summed E-state index contributed by atoms with van der Waals surface area (Å²) in [5.74, 6) is 0. The van der Waals surface area contributed by atoms with Crippen molar-refractivity contribution < 1.29 is 0 Å². The minimum Gasteiger partial charge on any atom is -0.315 e. The summed E-state index contributed by atoms with van der Waals surface area (Å²) in [7, 11) is 0. The van der Waals surface area contributed by atoms with Gasteiger partial charge < -0.3 is 10.6 Å². The van der Waals surface area contributed by atoms with Crippen molar-refractivity contribution in [2.24, 2.45) is 5.41 Å². The Labute approximate surface area is 88.8 Å². The summed E-state index contributed by atoms with van der Waals surface area (Å²) in [5, 5.41) is 7.14. The molecule has 0 aromatic carbocycles. The normalized spacial score (nSPS) is 23.8. The Morgan fingerprint density at radius 3 is 2.71 bits per heavy atom. The van der Waals surface area contributed by atoms with E-state index >= 15 is 0 Å². The second kappa shape index (κ2) is 5.72. The summed E-state index contributed by atoms with van der Waals surface area (Å²) in [6, 6.07) is 0.719. The van der Waals surface area contributed by atoms with Crippen LogP contribution in [0.3, 0.4) is 0 Å². The molecular weight excluding hydrogens is 172 g/mol. The van der Waals surface area contributed by atoms with Crippen LogP contribution in [0.4, 0.5) is 0 Å². The van der Waals surface area contributed by atoms with Gasteiger partial charge in [-0.15, -0.1) is 0 Å². The molecule has 0 aliphatic carbocycles. The molecule has 0 bridgehead atoms. The van der Waals surface area contributed by atoms with Gasteiger partial charge in [0.1, 0.15) is 0 Å². The Morgan fingerprint density at radius 1 is 1.36 bits per heavy atom. The molecule has 1 saturated heterocycles. The van der Waals surface area contributed by atoms with Gasteiger partial charge in [-0.25, -0.2) is 0 Å². The molecule has 1 fully saturated rings. The van der Waals surface area contributed by atoms with Crippen molar-refractivity contribution >= 4 is 0 Å². The Bertz CT molecular complexity index is 148. The zero-order chi connectivity index (χ0) is 10.4. The van der Waals surface area contributed by atoms with Gasteiger partial charge in [-0.3, -0.25) is 0 Å². The van der Waals surface area contributed by atoms with Crippen LogP contribution < -0.4 is 10.6 Å². The molecule has 0 spiro atoms. The smallest absolute Gasteiger partial charge is 0.0192 e. The average Bonchev–Trinajstić information content (AvgIpc) is 2.19. The van der Waals surface area contributed by atoms with Gasteiger partial charge in [0.15, 0.2) is 0 Å².